The van der Waals surface area contributed by atoms with Crippen LogP contribution in [-0.2, 0) is 21.5 Å². The number of rotatable bonds is 7. The summed E-state index contributed by atoms with van der Waals surface area (Å²) in [5, 5.41) is 1.70. The molecule has 0 fully saturated rings. The average molecular weight is 378 g/mol. The third-order valence-electron chi connectivity index (χ3n) is 5.11. The summed E-state index contributed by atoms with van der Waals surface area (Å²) in [7, 11) is 1.60. The molecule has 5 nitrogen and oxygen atoms in total. The maximum atomic E-state index is 12.9. The van der Waals surface area contributed by atoms with Crippen LogP contribution in [0.15, 0.2) is 66.9 Å². The monoisotopic (exact) mass is 378 g/mol. The van der Waals surface area contributed by atoms with Gasteiger partial charge >= 0.3 is 0 Å². The number of hydroxylamine groups is 2. The number of fused-ring (bicyclic) bond motifs is 1. The number of amides is 2. The highest BCUT2D eigenvalue weighted by atomic mass is 16.7. The number of benzene rings is 2. The van der Waals surface area contributed by atoms with Crippen molar-refractivity contribution < 1.29 is 14.4 Å². The average Bonchev–Trinajstić information content (AvgIpc) is 2.72. The fraction of sp³-hybridized carbons (Fsp3) is 0.304. The van der Waals surface area contributed by atoms with E-state index in [2.05, 4.69) is 12.1 Å². The molecule has 146 valence electrons. The SMILES string of the molecule is CON(C=CCN1C(=O)c2ccccc2C(C)(C)C1=O)CCc1ccccc1. The fourth-order valence-electron chi connectivity index (χ4n) is 3.45. The zero-order valence-corrected chi connectivity index (χ0v) is 16.6. The molecule has 0 aromatic heterocycles. The van der Waals surface area contributed by atoms with Crippen molar-refractivity contribution in [2.24, 2.45) is 0 Å². The first-order valence-electron chi connectivity index (χ1n) is 9.42. The summed E-state index contributed by atoms with van der Waals surface area (Å²) < 4.78 is 0. The molecule has 2 aromatic rings. The summed E-state index contributed by atoms with van der Waals surface area (Å²) in [5.74, 6) is -0.438. The van der Waals surface area contributed by atoms with Crippen molar-refractivity contribution in [3.8, 4) is 0 Å². The Kier molecular flexibility index (Phi) is 5.95. The second-order valence-electron chi connectivity index (χ2n) is 7.34. The van der Waals surface area contributed by atoms with Gasteiger partial charge in [-0.25, -0.2) is 0 Å². The number of imide groups is 1. The summed E-state index contributed by atoms with van der Waals surface area (Å²) in [5.41, 5.74) is 1.87. The van der Waals surface area contributed by atoms with Crippen LogP contribution < -0.4 is 0 Å². The standard InChI is InChI=1S/C23H26N2O3/c1-23(2)20-13-8-7-12-19(20)21(26)25(22(23)27)16-9-15-24(28-3)17-14-18-10-5-4-6-11-18/h4-13,15H,14,16-17H2,1-3H3. The first-order valence-corrected chi connectivity index (χ1v) is 9.42. The third kappa shape index (κ3) is 3.99. The molecule has 0 bridgehead atoms. The van der Waals surface area contributed by atoms with Gasteiger partial charge in [-0.05, 0) is 43.5 Å². The van der Waals surface area contributed by atoms with Crippen LogP contribution in [-0.4, -0.2) is 42.0 Å². The predicted molar refractivity (Wildman–Crippen MR) is 109 cm³/mol. The van der Waals surface area contributed by atoms with Crippen molar-refractivity contribution in [3.63, 3.8) is 0 Å². The van der Waals surface area contributed by atoms with Crippen LogP contribution in [0.5, 0.6) is 0 Å². The highest BCUT2D eigenvalue weighted by Gasteiger charge is 2.43. The molecule has 5 heteroatoms. The zero-order chi connectivity index (χ0) is 20.1. The Morgan fingerprint density at radius 3 is 2.43 bits per heavy atom. The molecule has 1 aliphatic heterocycles. The van der Waals surface area contributed by atoms with E-state index in [4.69, 9.17) is 4.84 Å². The third-order valence-corrected chi connectivity index (χ3v) is 5.11. The number of carbonyl (C=O) groups is 2. The number of carbonyl (C=O) groups excluding carboxylic acids is 2. The molecule has 0 saturated carbocycles. The Balaban J connectivity index is 1.67. The van der Waals surface area contributed by atoms with Gasteiger partial charge in [0.1, 0.15) is 0 Å². The van der Waals surface area contributed by atoms with E-state index >= 15 is 0 Å². The van der Waals surface area contributed by atoms with E-state index in [0.29, 0.717) is 12.1 Å². The largest absolute Gasteiger partial charge is 0.277 e. The van der Waals surface area contributed by atoms with Gasteiger partial charge in [0.25, 0.3) is 5.91 Å². The van der Waals surface area contributed by atoms with Gasteiger partial charge in [-0.15, -0.1) is 0 Å². The van der Waals surface area contributed by atoms with E-state index in [-0.39, 0.29) is 18.4 Å². The molecule has 0 saturated heterocycles. The summed E-state index contributed by atoms with van der Waals surface area (Å²) >= 11 is 0. The summed E-state index contributed by atoms with van der Waals surface area (Å²) in [6.07, 6.45) is 4.40. The molecule has 0 atom stereocenters. The molecule has 3 rings (SSSR count). The zero-order valence-electron chi connectivity index (χ0n) is 16.6. The molecule has 1 heterocycles. The first kappa shape index (κ1) is 19.8. The van der Waals surface area contributed by atoms with Gasteiger partial charge in [-0.1, -0.05) is 48.5 Å². The van der Waals surface area contributed by atoms with Gasteiger partial charge in [0, 0.05) is 24.9 Å². The smallest absolute Gasteiger partial charge is 0.261 e. The summed E-state index contributed by atoms with van der Waals surface area (Å²) in [4.78, 5) is 32.4. The second kappa shape index (κ2) is 8.40. The van der Waals surface area contributed by atoms with Gasteiger partial charge in [0.05, 0.1) is 12.5 Å². The van der Waals surface area contributed by atoms with Crippen LogP contribution >= 0.6 is 0 Å². The van der Waals surface area contributed by atoms with Crippen LogP contribution in [0.4, 0.5) is 0 Å². The maximum Gasteiger partial charge on any atom is 0.261 e. The molecule has 1 aliphatic rings. The molecule has 0 spiro atoms. The van der Waals surface area contributed by atoms with Crippen LogP contribution in [0.25, 0.3) is 0 Å². The quantitative estimate of drug-likeness (QED) is 0.546. The van der Waals surface area contributed by atoms with Gasteiger partial charge < -0.3 is 0 Å². The molecule has 0 aliphatic carbocycles. The van der Waals surface area contributed by atoms with Gasteiger partial charge in [0.15, 0.2) is 0 Å². The highest BCUT2D eigenvalue weighted by Crippen LogP contribution is 2.34. The lowest BCUT2D eigenvalue weighted by Gasteiger charge is -2.37. The predicted octanol–water partition coefficient (Wildman–Crippen LogP) is 3.57. The minimum Gasteiger partial charge on any atom is -0.277 e. The Morgan fingerprint density at radius 2 is 1.71 bits per heavy atom. The van der Waals surface area contributed by atoms with Crippen molar-refractivity contribution in [2.75, 3.05) is 20.2 Å². The number of hydrogen-bond acceptors (Lipinski definition) is 4. The topological polar surface area (TPSA) is 49.9 Å². The van der Waals surface area contributed by atoms with Crippen molar-refractivity contribution >= 4 is 11.8 Å². The minimum atomic E-state index is -0.730. The number of hydrogen-bond donors (Lipinski definition) is 0. The molecule has 2 amide bonds. The second-order valence-corrected chi connectivity index (χ2v) is 7.34. The summed E-state index contributed by atoms with van der Waals surface area (Å²) in [6, 6.07) is 17.5. The fourth-order valence-corrected chi connectivity index (χ4v) is 3.45. The Hall–Kier alpha value is -2.92. The van der Waals surface area contributed by atoms with Crippen LogP contribution in [0.3, 0.4) is 0 Å². The minimum absolute atomic E-state index is 0.186. The molecule has 0 unspecified atom stereocenters. The van der Waals surface area contributed by atoms with E-state index in [1.165, 1.54) is 10.5 Å². The Bertz CT molecular complexity index is 874. The lowest BCUT2D eigenvalue weighted by molar-refractivity contribution is -0.133. The molecular weight excluding hydrogens is 352 g/mol. The molecule has 2 aromatic carbocycles. The van der Waals surface area contributed by atoms with E-state index in [1.54, 1.807) is 30.5 Å². The van der Waals surface area contributed by atoms with Crippen molar-refractivity contribution in [1.82, 2.24) is 9.96 Å². The Labute approximate surface area is 166 Å². The van der Waals surface area contributed by atoms with E-state index in [1.807, 2.05) is 50.2 Å². The molecule has 0 radical (unpaired) electrons. The lowest BCUT2D eigenvalue weighted by atomic mass is 9.77. The molecular formula is C23H26N2O3. The van der Waals surface area contributed by atoms with E-state index < -0.39 is 5.41 Å². The first-order chi connectivity index (χ1) is 13.4. The normalized spacial score (nSPS) is 15.8. The van der Waals surface area contributed by atoms with Crippen molar-refractivity contribution in [2.45, 2.75) is 25.7 Å². The van der Waals surface area contributed by atoms with Crippen molar-refractivity contribution in [1.29, 1.82) is 0 Å². The van der Waals surface area contributed by atoms with Gasteiger partial charge in [0.2, 0.25) is 5.91 Å². The molecule has 0 N–H and O–H groups in total. The lowest BCUT2D eigenvalue weighted by Crippen LogP contribution is -2.51. The van der Waals surface area contributed by atoms with E-state index in [0.717, 1.165) is 12.0 Å². The van der Waals surface area contributed by atoms with Gasteiger partial charge in [-0.3, -0.25) is 24.4 Å². The summed E-state index contributed by atoms with van der Waals surface area (Å²) in [6.45, 7) is 4.60. The van der Waals surface area contributed by atoms with Gasteiger partial charge in [-0.2, -0.15) is 0 Å². The van der Waals surface area contributed by atoms with Crippen LogP contribution in [0.2, 0.25) is 0 Å². The van der Waals surface area contributed by atoms with Crippen LogP contribution in [0, 0.1) is 0 Å². The highest BCUT2D eigenvalue weighted by molar-refractivity contribution is 6.12. The van der Waals surface area contributed by atoms with Crippen LogP contribution in [0.1, 0.15) is 35.3 Å². The Morgan fingerprint density at radius 1 is 1.04 bits per heavy atom. The van der Waals surface area contributed by atoms with Crippen molar-refractivity contribution in [3.05, 3.63) is 83.6 Å². The van der Waals surface area contributed by atoms with E-state index in [9.17, 15) is 9.59 Å². The molecule has 28 heavy (non-hydrogen) atoms. The number of nitrogens with zero attached hydrogens (tertiary/aromatic N) is 2. The maximum absolute atomic E-state index is 12.9.